The molecule has 3 nitrogen and oxygen atoms in total. The summed E-state index contributed by atoms with van der Waals surface area (Å²) in [6.45, 7) is 2.25. The van der Waals surface area contributed by atoms with E-state index in [2.05, 4.69) is 12.2 Å². The fraction of sp³-hybridized carbons (Fsp3) is 0.929. The third-order valence-electron chi connectivity index (χ3n) is 4.32. The van der Waals surface area contributed by atoms with Crippen LogP contribution in [-0.4, -0.2) is 23.2 Å². The van der Waals surface area contributed by atoms with E-state index in [9.17, 15) is 9.90 Å². The highest BCUT2D eigenvalue weighted by Crippen LogP contribution is 2.34. The van der Waals surface area contributed by atoms with Crippen molar-refractivity contribution < 1.29 is 9.90 Å². The molecule has 2 N–H and O–H groups in total. The van der Waals surface area contributed by atoms with Crippen LogP contribution < -0.4 is 5.32 Å². The van der Waals surface area contributed by atoms with Crippen molar-refractivity contribution in [2.75, 3.05) is 0 Å². The van der Waals surface area contributed by atoms with Gasteiger partial charge in [0.15, 0.2) is 0 Å². The molecule has 2 aliphatic rings. The first-order valence-corrected chi connectivity index (χ1v) is 7.19. The Bertz CT molecular complexity index is 255. The number of hydrogen-bond acceptors (Lipinski definition) is 2. The van der Waals surface area contributed by atoms with Crippen molar-refractivity contribution in [2.24, 2.45) is 11.8 Å². The van der Waals surface area contributed by atoms with E-state index in [1.807, 2.05) is 0 Å². The van der Waals surface area contributed by atoms with E-state index in [1.54, 1.807) is 0 Å². The number of carboxylic acid groups (broad SMARTS) is 1. The van der Waals surface area contributed by atoms with Crippen molar-refractivity contribution in [3.8, 4) is 0 Å². The Morgan fingerprint density at radius 3 is 2.35 bits per heavy atom. The molecule has 0 amide bonds. The molecule has 1 atom stereocenters. The zero-order valence-electron chi connectivity index (χ0n) is 10.8. The lowest BCUT2D eigenvalue weighted by Crippen LogP contribution is -2.46. The predicted molar refractivity (Wildman–Crippen MR) is 67.9 cm³/mol. The summed E-state index contributed by atoms with van der Waals surface area (Å²) in [5.41, 5.74) is 0. The summed E-state index contributed by atoms with van der Waals surface area (Å²) in [5.74, 6) is 0.645. The molecule has 0 bridgehead atoms. The molecule has 2 fully saturated rings. The smallest absolute Gasteiger partial charge is 0.320 e. The summed E-state index contributed by atoms with van der Waals surface area (Å²) in [6.07, 6.45) is 9.71. The minimum atomic E-state index is -0.650. The lowest BCUT2D eigenvalue weighted by atomic mass is 9.83. The molecule has 2 rings (SSSR count). The molecular formula is C14H25NO2. The van der Waals surface area contributed by atoms with E-state index in [4.69, 9.17) is 0 Å². The number of nitrogens with one attached hydrogen (secondary N) is 1. The Labute approximate surface area is 104 Å². The molecule has 0 aromatic carbocycles. The van der Waals surface area contributed by atoms with Gasteiger partial charge >= 0.3 is 5.97 Å². The first-order chi connectivity index (χ1) is 8.20. The first kappa shape index (κ1) is 12.9. The van der Waals surface area contributed by atoms with Gasteiger partial charge in [-0.05, 0) is 50.4 Å². The Morgan fingerprint density at radius 2 is 1.88 bits per heavy atom. The van der Waals surface area contributed by atoms with Crippen molar-refractivity contribution in [1.82, 2.24) is 5.32 Å². The van der Waals surface area contributed by atoms with E-state index in [-0.39, 0.29) is 6.04 Å². The Morgan fingerprint density at radius 1 is 1.24 bits per heavy atom. The van der Waals surface area contributed by atoms with Crippen LogP contribution in [0.25, 0.3) is 0 Å². The van der Waals surface area contributed by atoms with Gasteiger partial charge in [-0.3, -0.25) is 4.79 Å². The van der Waals surface area contributed by atoms with Crippen LogP contribution in [0.5, 0.6) is 0 Å². The highest BCUT2D eigenvalue weighted by molar-refractivity contribution is 5.74. The van der Waals surface area contributed by atoms with Gasteiger partial charge in [0.25, 0.3) is 0 Å². The quantitative estimate of drug-likeness (QED) is 0.749. The standard InChI is InChI=1S/C14H25NO2/c1-2-3-10-4-8-12(9-5-10)15-13(14(16)17)11-6-7-11/h10-13,15H,2-9H2,1H3,(H,16,17). The molecular weight excluding hydrogens is 214 g/mol. The second kappa shape index (κ2) is 5.85. The molecule has 0 saturated heterocycles. The van der Waals surface area contributed by atoms with Crippen LogP contribution in [-0.2, 0) is 4.79 Å². The normalized spacial score (nSPS) is 31.1. The van der Waals surface area contributed by atoms with Crippen molar-refractivity contribution in [2.45, 2.75) is 70.4 Å². The molecule has 0 heterocycles. The molecule has 0 aromatic rings. The van der Waals surface area contributed by atoms with Crippen molar-refractivity contribution in [3.63, 3.8) is 0 Å². The van der Waals surface area contributed by atoms with Gasteiger partial charge in [0.1, 0.15) is 6.04 Å². The van der Waals surface area contributed by atoms with Crippen LogP contribution in [0.15, 0.2) is 0 Å². The van der Waals surface area contributed by atoms with Gasteiger partial charge in [0, 0.05) is 6.04 Å². The lowest BCUT2D eigenvalue weighted by molar-refractivity contribution is -0.140. The fourth-order valence-corrected chi connectivity index (χ4v) is 3.12. The summed E-state index contributed by atoms with van der Waals surface area (Å²) < 4.78 is 0. The van der Waals surface area contributed by atoms with Gasteiger partial charge in [0.2, 0.25) is 0 Å². The van der Waals surface area contributed by atoms with Crippen molar-refractivity contribution in [1.29, 1.82) is 0 Å². The summed E-state index contributed by atoms with van der Waals surface area (Å²) in [6, 6.07) is 0.174. The minimum absolute atomic E-state index is 0.275. The molecule has 0 aliphatic heterocycles. The summed E-state index contributed by atoms with van der Waals surface area (Å²) >= 11 is 0. The van der Waals surface area contributed by atoms with Gasteiger partial charge < -0.3 is 10.4 Å². The molecule has 0 radical (unpaired) electrons. The van der Waals surface area contributed by atoms with E-state index >= 15 is 0 Å². The molecule has 0 spiro atoms. The van der Waals surface area contributed by atoms with E-state index in [1.165, 1.54) is 38.5 Å². The van der Waals surface area contributed by atoms with Crippen LogP contribution in [0.4, 0.5) is 0 Å². The zero-order valence-corrected chi connectivity index (χ0v) is 10.8. The molecule has 3 heteroatoms. The van der Waals surface area contributed by atoms with E-state index in [0.717, 1.165) is 18.8 Å². The van der Waals surface area contributed by atoms with E-state index in [0.29, 0.717) is 12.0 Å². The molecule has 17 heavy (non-hydrogen) atoms. The average Bonchev–Trinajstić information content (AvgIpc) is 3.12. The largest absolute Gasteiger partial charge is 0.480 e. The third-order valence-corrected chi connectivity index (χ3v) is 4.32. The highest BCUT2D eigenvalue weighted by Gasteiger charge is 2.37. The number of rotatable bonds is 6. The number of hydrogen-bond donors (Lipinski definition) is 2. The topological polar surface area (TPSA) is 49.3 Å². The number of carbonyl (C=O) groups is 1. The molecule has 2 saturated carbocycles. The second-order valence-electron chi connectivity index (χ2n) is 5.83. The highest BCUT2D eigenvalue weighted by atomic mass is 16.4. The lowest BCUT2D eigenvalue weighted by Gasteiger charge is -2.31. The van der Waals surface area contributed by atoms with Crippen LogP contribution >= 0.6 is 0 Å². The SMILES string of the molecule is CCCC1CCC(NC(C(=O)O)C2CC2)CC1. The number of aliphatic carboxylic acids is 1. The monoisotopic (exact) mass is 239 g/mol. The van der Waals surface area contributed by atoms with Gasteiger partial charge in [0.05, 0.1) is 0 Å². The Hall–Kier alpha value is -0.570. The maximum absolute atomic E-state index is 11.2. The molecule has 2 aliphatic carbocycles. The van der Waals surface area contributed by atoms with Crippen LogP contribution in [0.2, 0.25) is 0 Å². The minimum Gasteiger partial charge on any atom is -0.480 e. The van der Waals surface area contributed by atoms with Crippen molar-refractivity contribution >= 4 is 5.97 Å². The first-order valence-electron chi connectivity index (χ1n) is 7.19. The van der Waals surface area contributed by atoms with Crippen LogP contribution in [0, 0.1) is 11.8 Å². The number of carboxylic acids is 1. The zero-order chi connectivity index (χ0) is 12.3. The second-order valence-corrected chi connectivity index (χ2v) is 5.83. The maximum atomic E-state index is 11.2. The predicted octanol–water partition coefficient (Wildman–Crippen LogP) is 2.80. The van der Waals surface area contributed by atoms with Gasteiger partial charge in [-0.2, -0.15) is 0 Å². The van der Waals surface area contributed by atoms with Crippen LogP contribution in [0.3, 0.4) is 0 Å². The molecule has 0 aromatic heterocycles. The summed E-state index contributed by atoms with van der Waals surface area (Å²) in [4.78, 5) is 11.2. The Kier molecular flexibility index (Phi) is 4.43. The Balaban J connectivity index is 1.74. The fourth-order valence-electron chi connectivity index (χ4n) is 3.12. The average molecular weight is 239 g/mol. The van der Waals surface area contributed by atoms with E-state index < -0.39 is 5.97 Å². The van der Waals surface area contributed by atoms with Gasteiger partial charge in [-0.15, -0.1) is 0 Å². The third kappa shape index (κ3) is 3.70. The van der Waals surface area contributed by atoms with Crippen LogP contribution in [0.1, 0.15) is 58.3 Å². The molecule has 1 unspecified atom stereocenters. The maximum Gasteiger partial charge on any atom is 0.320 e. The van der Waals surface area contributed by atoms with Crippen molar-refractivity contribution in [3.05, 3.63) is 0 Å². The summed E-state index contributed by atoms with van der Waals surface area (Å²) in [7, 11) is 0. The van der Waals surface area contributed by atoms with Gasteiger partial charge in [-0.1, -0.05) is 19.8 Å². The summed E-state index contributed by atoms with van der Waals surface area (Å²) in [5, 5.41) is 12.6. The van der Waals surface area contributed by atoms with Gasteiger partial charge in [-0.25, -0.2) is 0 Å². The molecule has 98 valence electrons.